The van der Waals surface area contributed by atoms with Gasteiger partial charge in [-0.25, -0.2) is 17.8 Å². The molecular weight excluding hydrogens is 395 g/mol. The highest BCUT2D eigenvalue weighted by molar-refractivity contribution is 7.88. The molecule has 29 heavy (non-hydrogen) atoms. The second kappa shape index (κ2) is 7.97. The van der Waals surface area contributed by atoms with Gasteiger partial charge in [-0.15, -0.1) is 0 Å². The Balaban J connectivity index is 1.51. The number of benzene rings is 1. The molecule has 0 aliphatic carbocycles. The van der Waals surface area contributed by atoms with Crippen LogP contribution in [0, 0.1) is 5.82 Å². The fourth-order valence-electron chi connectivity index (χ4n) is 4.21. The molecule has 2 aromatic rings. The van der Waals surface area contributed by atoms with E-state index in [-0.39, 0.29) is 23.8 Å². The van der Waals surface area contributed by atoms with E-state index < -0.39 is 10.0 Å². The van der Waals surface area contributed by atoms with Crippen molar-refractivity contribution in [1.82, 2.24) is 19.2 Å². The number of fused-ring (bicyclic) bond motifs is 1. The predicted molar refractivity (Wildman–Crippen MR) is 107 cm³/mol. The number of nitrogens with one attached hydrogen (secondary N) is 1. The molecule has 0 spiro atoms. The molecule has 0 saturated carbocycles. The van der Waals surface area contributed by atoms with Crippen molar-refractivity contribution in [3.05, 3.63) is 63.1 Å². The number of piperidine rings is 1. The Bertz CT molecular complexity index is 1070. The number of halogens is 1. The first kappa shape index (κ1) is 20.2. The van der Waals surface area contributed by atoms with E-state index >= 15 is 0 Å². The van der Waals surface area contributed by atoms with Gasteiger partial charge in [0.2, 0.25) is 10.0 Å². The van der Waals surface area contributed by atoms with Crippen LogP contribution in [0.1, 0.15) is 41.4 Å². The smallest absolute Gasteiger partial charge is 0.255 e. The summed E-state index contributed by atoms with van der Waals surface area (Å²) >= 11 is 0. The van der Waals surface area contributed by atoms with Crippen molar-refractivity contribution < 1.29 is 12.8 Å². The maximum atomic E-state index is 13.5. The molecule has 1 aromatic heterocycles. The van der Waals surface area contributed by atoms with E-state index in [0.29, 0.717) is 36.6 Å². The Morgan fingerprint density at radius 3 is 2.90 bits per heavy atom. The highest BCUT2D eigenvalue weighted by atomic mass is 32.2. The fraction of sp³-hybridized carbons (Fsp3) is 0.500. The minimum absolute atomic E-state index is 0.0765. The van der Waals surface area contributed by atoms with Crippen molar-refractivity contribution in [1.29, 1.82) is 0 Å². The molecule has 0 bridgehead atoms. The maximum absolute atomic E-state index is 13.5. The number of hydrogen-bond donors (Lipinski definition) is 1. The quantitative estimate of drug-likeness (QED) is 0.812. The Labute approximate surface area is 169 Å². The Morgan fingerprint density at radius 2 is 2.14 bits per heavy atom. The van der Waals surface area contributed by atoms with Crippen molar-refractivity contribution in [2.75, 3.05) is 25.9 Å². The summed E-state index contributed by atoms with van der Waals surface area (Å²) in [6, 6.07) is 6.62. The van der Waals surface area contributed by atoms with Gasteiger partial charge in [0.1, 0.15) is 11.6 Å². The van der Waals surface area contributed by atoms with Crippen LogP contribution in [0.2, 0.25) is 0 Å². The first-order chi connectivity index (χ1) is 13.8. The van der Waals surface area contributed by atoms with Crippen LogP contribution in [0.5, 0.6) is 0 Å². The van der Waals surface area contributed by atoms with E-state index in [9.17, 15) is 17.6 Å². The van der Waals surface area contributed by atoms with E-state index in [2.05, 4.69) is 9.88 Å². The average Bonchev–Trinajstić information content (AvgIpc) is 2.67. The number of rotatable bonds is 4. The summed E-state index contributed by atoms with van der Waals surface area (Å²) in [5.74, 6) is 0.536. The normalized spacial score (nSPS) is 21.1. The van der Waals surface area contributed by atoms with Gasteiger partial charge < -0.3 is 4.98 Å². The molecule has 3 heterocycles. The van der Waals surface area contributed by atoms with Gasteiger partial charge in [0.15, 0.2) is 0 Å². The summed E-state index contributed by atoms with van der Waals surface area (Å²) in [4.78, 5) is 22.5. The van der Waals surface area contributed by atoms with Gasteiger partial charge in [-0.05, 0) is 37.1 Å². The summed E-state index contributed by atoms with van der Waals surface area (Å²) in [5, 5.41) is 0. The van der Waals surface area contributed by atoms with Crippen LogP contribution in [0.25, 0.3) is 0 Å². The van der Waals surface area contributed by atoms with E-state index in [1.807, 2.05) is 6.07 Å². The largest absolute Gasteiger partial charge is 0.310 e. The molecule has 9 heteroatoms. The van der Waals surface area contributed by atoms with Gasteiger partial charge in [-0.3, -0.25) is 9.69 Å². The molecule has 4 rings (SSSR count). The minimum atomic E-state index is -3.34. The van der Waals surface area contributed by atoms with Crippen LogP contribution >= 0.6 is 0 Å². The van der Waals surface area contributed by atoms with Crippen molar-refractivity contribution in [3.8, 4) is 0 Å². The van der Waals surface area contributed by atoms with Crippen LogP contribution in [-0.2, 0) is 29.5 Å². The third kappa shape index (κ3) is 4.57. The highest BCUT2D eigenvalue weighted by Gasteiger charge is 2.29. The lowest BCUT2D eigenvalue weighted by Crippen LogP contribution is -2.40. The molecule has 0 radical (unpaired) electrons. The Morgan fingerprint density at radius 1 is 1.31 bits per heavy atom. The average molecular weight is 421 g/mol. The third-order valence-electron chi connectivity index (χ3n) is 5.71. The molecule has 1 saturated heterocycles. The maximum Gasteiger partial charge on any atom is 0.255 e. The Kier molecular flexibility index (Phi) is 5.54. The third-order valence-corrected chi connectivity index (χ3v) is 6.96. The molecule has 2 aliphatic heterocycles. The minimum Gasteiger partial charge on any atom is -0.310 e. The lowest BCUT2D eigenvalue weighted by Gasteiger charge is -2.33. The topological polar surface area (TPSA) is 86.4 Å². The molecule has 1 fully saturated rings. The summed E-state index contributed by atoms with van der Waals surface area (Å²) in [6.45, 7) is 2.75. The Hall–Kier alpha value is -2.10. The first-order valence-electron chi connectivity index (χ1n) is 9.83. The van der Waals surface area contributed by atoms with Gasteiger partial charge >= 0.3 is 0 Å². The number of likely N-dealkylation sites (tertiary alicyclic amines) is 1. The van der Waals surface area contributed by atoms with Crippen LogP contribution in [0.4, 0.5) is 4.39 Å². The molecule has 2 aliphatic rings. The summed E-state index contributed by atoms with van der Waals surface area (Å²) in [7, 11) is -3.34. The zero-order valence-corrected chi connectivity index (χ0v) is 17.2. The second-order valence-corrected chi connectivity index (χ2v) is 9.91. The predicted octanol–water partition coefficient (Wildman–Crippen LogP) is 1.61. The first-order valence-corrected chi connectivity index (χ1v) is 11.7. The SMILES string of the molecule is CS(=O)(=O)N1CCc2nc([C@H]3CCCN(Cc4cccc(F)c4)C3)[nH]c(=O)c2C1. The van der Waals surface area contributed by atoms with Crippen molar-refractivity contribution in [2.24, 2.45) is 0 Å². The van der Waals surface area contributed by atoms with Crippen LogP contribution < -0.4 is 5.56 Å². The summed E-state index contributed by atoms with van der Waals surface area (Å²) in [6.07, 6.45) is 3.50. The molecule has 1 N–H and O–H groups in total. The van der Waals surface area contributed by atoms with E-state index in [4.69, 9.17) is 4.98 Å². The summed E-state index contributed by atoms with van der Waals surface area (Å²) < 4.78 is 38.4. The van der Waals surface area contributed by atoms with Crippen molar-refractivity contribution >= 4 is 10.0 Å². The number of hydrogen-bond acceptors (Lipinski definition) is 5. The fourth-order valence-corrected chi connectivity index (χ4v) is 5.00. The van der Waals surface area contributed by atoms with Gasteiger partial charge in [0.05, 0.1) is 17.5 Å². The van der Waals surface area contributed by atoms with Crippen molar-refractivity contribution in [2.45, 2.75) is 38.3 Å². The molecule has 1 atom stereocenters. The molecule has 1 aromatic carbocycles. The molecule has 0 amide bonds. The molecular formula is C20H25FN4O3S. The van der Waals surface area contributed by atoms with Crippen LogP contribution in [0.3, 0.4) is 0 Å². The standard InChI is InChI=1S/C20H25FN4O3S/c1-29(27,28)25-9-7-18-17(13-25)20(26)23-19(22-18)15-5-3-8-24(12-15)11-14-4-2-6-16(21)10-14/h2,4,6,10,15H,3,5,7-9,11-13H2,1H3,(H,22,23,26)/t15-/m0/s1. The number of aromatic nitrogens is 2. The van der Waals surface area contributed by atoms with Gasteiger partial charge in [0.25, 0.3) is 5.56 Å². The van der Waals surface area contributed by atoms with E-state index in [0.717, 1.165) is 37.8 Å². The number of sulfonamides is 1. The van der Waals surface area contributed by atoms with E-state index in [1.54, 1.807) is 12.1 Å². The molecule has 156 valence electrons. The van der Waals surface area contributed by atoms with Crippen molar-refractivity contribution in [3.63, 3.8) is 0 Å². The summed E-state index contributed by atoms with van der Waals surface area (Å²) in [5.41, 5.74) is 1.82. The molecule has 0 unspecified atom stereocenters. The number of aromatic amines is 1. The number of H-pyrrole nitrogens is 1. The lowest BCUT2D eigenvalue weighted by molar-refractivity contribution is 0.196. The van der Waals surface area contributed by atoms with Gasteiger partial charge in [-0.1, -0.05) is 12.1 Å². The zero-order chi connectivity index (χ0) is 20.6. The van der Waals surface area contributed by atoms with Crippen LogP contribution in [-0.4, -0.2) is 53.5 Å². The van der Waals surface area contributed by atoms with Gasteiger partial charge in [0, 0.05) is 38.5 Å². The van der Waals surface area contributed by atoms with E-state index in [1.165, 1.54) is 10.4 Å². The number of nitrogens with zero attached hydrogens (tertiary/aromatic N) is 3. The molecule has 7 nitrogen and oxygen atoms in total. The highest BCUT2D eigenvalue weighted by Crippen LogP contribution is 2.26. The second-order valence-electron chi connectivity index (χ2n) is 7.93. The van der Waals surface area contributed by atoms with Crippen LogP contribution in [0.15, 0.2) is 29.1 Å². The van der Waals surface area contributed by atoms with Gasteiger partial charge in [-0.2, -0.15) is 4.31 Å². The lowest BCUT2D eigenvalue weighted by atomic mass is 9.96. The monoisotopic (exact) mass is 420 g/mol. The zero-order valence-electron chi connectivity index (χ0n) is 16.4.